The monoisotopic (exact) mass is 331 g/mol. The third kappa shape index (κ3) is 4.63. The Balaban J connectivity index is 1.39. The van der Waals surface area contributed by atoms with Crippen LogP contribution in [0.5, 0.6) is 5.75 Å². The lowest BCUT2D eigenvalue weighted by Gasteiger charge is -2.36. The Bertz CT molecular complexity index is 535. The summed E-state index contributed by atoms with van der Waals surface area (Å²) < 4.78 is 5.30. The maximum Gasteiger partial charge on any atom is 0.221 e. The summed E-state index contributed by atoms with van der Waals surface area (Å²) in [7, 11) is 1.70. The Morgan fingerprint density at radius 3 is 2.67 bits per heavy atom. The number of nitrogens with one attached hydrogen (secondary N) is 1. The summed E-state index contributed by atoms with van der Waals surface area (Å²) in [4.78, 5) is 16.8. The highest BCUT2D eigenvalue weighted by molar-refractivity contribution is 5.76. The number of hydrogen-bond donors (Lipinski definition) is 1. The quantitative estimate of drug-likeness (QED) is 0.868. The highest BCUT2D eigenvalue weighted by atomic mass is 16.5. The first-order chi connectivity index (χ1) is 11.7. The molecular weight excluding hydrogens is 302 g/mol. The van der Waals surface area contributed by atoms with E-state index in [1.807, 2.05) is 12.1 Å². The molecule has 1 aromatic rings. The lowest BCUT2D eigenvalue weighted by Crippen LogP contribution is -2.47. The Kier molecular flexibility index (Phi) is 5.96. The van der Waals surface area contributed by atoms with Gasteiger partial charge in [0.1, 0.15) is 5.75 Å². The molecule has 1 aliphatic carbocycles. The van der Waals surface area contributed by atoms with E-state index in [4.69, 9.17) is 4.74 Å². The van der Waals surface area contributed by atoms with Crippen molar-refractivity contribution in [2.75, 3.05) is 44.7 Å². The number of piperazine rings is 1. The molecule has 1 N–H and O–H groups in total. The van der Waals surface area contributed by atoms with Crippen molar-refractivity contribution >= 4 is 11.6 Å². The summed E-state index contributed by atoms with van der Waals surface area (Å²) >= 11 is 0. The van der Waals surface area contributed by atoms with Crippen molar-refractivity contribution in [2.45, 2.75) is 38.1 Å². The predicted molar refractivity (Wildman–Crippen MR) is 96.7 cm³/mol. The van der Waals surface area contributed by atoms with Gasteiger partial charge in [0.05, 0.1) is 7.11 Å². The van der Waals surface area contributed by atoms with Crippen LogP contribution >= 0.6 is 0 Å². The zero-order chi connectivity index (χ0) is 16.8. The van der Waals surface area contributed by atoms with Crippen molar-refractivity contribution in [2.24, 2.45) is 0 Å². The van der Waals surface area contributed by atoms with Gasteiger partial charge in [0.2, 0.25) is 5.91 Å². The summed E-state index contributed by atoms with van der Waals surface area (Å²) in [5, 5.41) is 3.18. The Morgan fingerprint density at radius 2 is 1.96 bits per heavy atom. The molecule has 0 radical (unpaired) electrons. The van der Waals surface area contributed by atoms with Crippen LogP contribution < -0.4 is 15.0 Å². The number of carbonyl (C=O) groups excluding carboxylic acids is 1. The fraction of sp³-hybridized carbons (Fsp3) is 0.632. The number of rotatable bonds is 6. The molecular formula is C19H29N3O2. The first-order valence-corrected chi connectivity index (χ1v) is 9.15. The van der Waals surface area contributed by atoms with E-state index in [1.54, 1.807) is 7.11 Å². The van der Waals surface area contributed by atoms with Gasteiger partial charge in [-0.1, -0.05) is 18.9 Å². The smallest absolute Gasteiger partial charge is 0.221 e. The van der Waals surface area contributed by atoms with Crippen LogP contribution in [-0.4, -0.2) is 56.7 Å². The van der Waals surface area contributed by atoms with Crippen molar-refractivity contribution in [3.63, 3.8) is 0 Å². The van der Waals surface area contributed by atoms with Crippen LogP contribution in [-0.2, 0) is 4.79 Å². The third-order valence-corrected chi connectivity index (χ3v) is 5.17. The second kappa shape index (κ2) is 8.38. The number of benzene rings is 1. The first-order valence-electron chi connectivity index (χ1n) is 9.15. The molecule has 0 bridgehead atoms. The number of methoxy groups -OCH3 is 1. The van der Waals surface area contributed by atoms with E-state index in [9.17, 15) is 4.79 Å². The third-order valence-electron chi connectivity index (χ3n) is 5.17. The van der Waals surface area contributed by atoms with Crippen LogP contribution in [0.2, 0.25) is 0 Å². The number of hydrogen-bond acceptors (Lipinski definition) is 4. The van der Waals surface area contributed by atoms with Gasteiger partial charge < -0.3 is 15.0 Å². The fourth-order valence-corrected chi connectivity index (χ4v) is 3.67. The van der Waals surface area contributed by atoms with Crippen molar-refractivity contribution in [3.8, 4) is 5.75 Å². The molecule has 5 heteroatoms. The molecule has 1 aromatic carbocycles. The average molecular weight is 331 g/mol. The fourth-order valence-electron chi connectivity index (χ4n) is 3.67. The molecule has 132 valence electrons. The zero-order valence-electron chi connectivity index (χ0n) is 14.7. The predicted octanol–water partition coefficient (Wildman–Crippen LogP) is 2.27. The van der Waals surface area contributed by atoms with Gasteiger partial charge in [0.25, 0.3) is 0 Å². The standard InChI is InChI=1S/C19H29N3O2/c1-24-18-8-4-7-17(15-18)22-13-11-21(12-14-22)10-9-19(23)20-16-5-2-3-6-16/h4,7-8,15-16H,2-3,5-6,9-14H2,1H3,(H,20,23). The maximum atomic E-state index is 12.0. The van der Waals surface area contributed by atoms with Gasteiger partial charge in [0, 0.05) is 56.9 Å². The van der Waals surface area contributed by atoms with Gasteiger partial charge in [-0.15, -0.1) is 0 Å². The van der Waals surface area contributed by atoms with Crippen LogP contribution in [0.15, 0.2) is 24.3 Å². The van der Waals surface area contributed by atoms with Crippen LogP contribution in [0.1, 0.15) is 32.1 Å². The summed E-state index contributed by atoms with van der Waals surface area (Å²) in [5.74, 6) is 1.12. The highest BCUT2D eigenvalue weighted by Crippen LogP contribution is 2.22. The molecule has 1 amide bonds. The van der Waals surface area contributed by atoms with Gasteiger partial charge in [-0.25, -0.2) is 0 Å². The topological polar surface area (TPSA) is 44.8 Å². The highest BCUT2D eigenvalue weighted by Gasteiger charge is 2.20. The molecule has 0 atom stereocenters. The number of carbonyl (C=O) groups is 1. The molecule has 0 spiro atoms. The number of nitrogens with zero attached hydrogens (tertiary/aromatic N) is 2. The molecule has 24 heavy (non-hydrogen) atoms. The molecule has 1 aliphatic heterocycles. The second-order valence-corrected chi connectivity index (χ2v) is 6.83. The van der Waals surface area contributed by atoms with Crippen LogP contribution in [0, 0.1) is 0 Å². The minimum absolute atomic E-state index is 0.220. The summed E-state index contributed by atoms with van der Waals surface area (Å²) in [6.45, 7) is 4.88. The van der Waals surface area contributed by atoms with Crippen LogP contribution in [0.3, 0.4) is 0 Å². The van der Waals surface area contributed by atoms with Crippen LogP contribution in [0.25, 0.3) is 0 Å². The van der Waals surface area contributed by atoms with Crippen LogP contribution in [0.4, 0.5) is 5.69 Å². The Hall–Kier alpha value is -1.75. The summed E-state index contributed by atoms with van der Waals surface area (Å²) in [5.41, 5.74) is 1.22. The normalized spacial score (nSPS) is 19.5. The van der Waals surface area contributed by atoms with Crippen molar-refractivity contribution in [1.29, 1.82) is 0 Å². The molecule has 5 nitrogen and oxygen atoms in total. The number of anilines is 1. The number of amides is 1. The van der Waals surface area contributed by atoms with Crippen molar-refractivity contribution < 1.29 is 9.53 Å². The first kappa shape index (κ1) is 17.1. The SMILES string of the molecule is COc1cccc(N2CCN(CCC(=O)NC3CCCC3)CC2)c1. The van der Waals surface area contributed by atoms with Gasteiger partial charge in [-0.2, -0.15) is 0 Å². The Labute approximate surface area is 145 Å². The van der Waals surface area contributed by atoms with E-state index in [0.717, 1.165) is 51.3 Å². The van der Waals surface area contributed by atoms with Gasteiger partial charge in [-0.3, -0.25) is 9.69 Å². The van der Waals surface area contributed by atoms with Gasteiger partial charge in [0.15, 0.2) is 0 Å². The molecule has 0 aromatic heterocycles. The largest absolute Gasteiger partial charge is 0.497 e. The molecule has 1 saturated carbocycles. The van der Waals surface area contributed by atoms with E-state index < -0.39 is 0 Å². The minimum atomic E-state index is 0.220. The van der Waals surface area contributed by atoms with E-state index in [1.165, 1.54) is 18.5 Å². The van der Waals surface area contributed by atoms with E-state index >= 15 is 0 Å². The zero-order valence-corrected chi connectivity index (χ0v) is 14.7. The van der Waals surface area contributed by atoms with E-state index in [0.29, 0.717) is 12.5 Å². The molecule has 3 rings (SSSR count). The van der Waals surface area contributed by atoms with E-state index in [-0.39, 0.29) is 5.91 Å². The molecule has 2 fully saturated rings. The summed E-state index contributed by atoms with van der Waals surface area (Å²) in [6, 6.07) is 8.66. The van der Waals surface area contributed by atoms with Crippen molar-refractivity contribution in [1.82, 2.24) is 10.2 Å². The molecule has 1 saturated heterocycles. The maximum absolute atomic E-state index is 12.0. The van der Waals surface area contributed by atoms with E-state index in [2.05, 4.69) is 27.2 Å². The minimum Gasteiger partial charge on any atom is -0.497 e. The molecule has 1 heterocycles. The summed E-state index contributed by atoms with van der Waals surface area (Å²) in [6.07, 6.45) is 5.46. The Morgan fingerprint density at radius 1 is 1.21 bits per heavy atom. The number of ether oxygens (including phenoxy) is 1. The molecule has 0 unspecified atom stereocenters. The lowest BCUT2D eigenvalue weighted by atomic mass is 10.2. The average Bonchev–Trinajstić information content (AvgIpc) is 3.13. The van der Waals surface area contributed by atoms with Gasteiger partial charge >= 0.3 is 0 Å². The lowest BCUT2D eigenvalue weighted by molar-refractivity contribution is -0.122. The van der Waals surface area contributed by atoms with Crippen molar-refractivity contribution in [3.05, 3.63) is 24.3 Å². The molecule has 2 aliphatic rings. The van der Waals surface area contributed by atoms with Gasteiger partial charge in [-0.05, 0) is 25.0 Å². The second-order valence-electron chi connectivity index (χ2n) is 6.83.